The number of halogens is 5. The van der Waals surface area contributed by atoms with Gasteiger partial charge in [0.05, 0.1) is 0 Å². The summed E-state index contributed by atoms with van der Waals surface area (Å²) in [6.07, 6.45) is 0. The van der Waals surface area contributed by atoms with E-state index in [1.807, 2.05) is 0 Å². The maximum atomic E-state index is 4.95. The van der Waals surface area contributed by atoms with Crippen LogP contribution in [0.15, 0.2) is 0 Å². The summed E-state index contributed by atoms with van der Waals surface area (Å²) >= 11 is -2.23. The van der Waals surface area contributed by atoms with Crippen LogP contribution in [0.4, 0.5) is 0 Å². The van der Waals surface area contributed by atoms with Gasteiger partial charge in [0.2, 0.25) is 0 Å². The van der Waals surface area contributed by atoms with Crippen molar-refractivity contribution in [2.75, 3.05) is 0 Å². The second-order valence-electron chi connectivity index (χ2n) is 0.197. The van der Waals surface area contributed by atoms with Gasteiger partial charge >= 0.3 is 77.4 Å². The summed E-state index contributed by atoms with van der Waals surface area (Å²) in [6, 6.07) is 0. The Balaban J connectivity index is 0. The standard InChI is InChI=1S/5ClH.Pt.Ru/h5*1H;;/q;;;;;+2;+3/p-5. The SMILES string of the molecule is [Cl][Pt][Cl].[Cl][Ru]([Cl])[Cl]. The Kier molecular flexibility index (Phi) is 20.5. The molecule has 53 valence electrons. The molecule has 0 nitrogen and oxygen atoms in total. The molecule has 0 radical (unpaired) electrons. The average molecular weight is 473 g/mol. The van der Waals surface area contributed by atoms with E-state index in [2.05, 4.69) is 0 Å². The molecule has 0 aliphatic carbocycles. The molecule has 0 spiro atoms. The van der Waals surface area contributed by atoms with Crippen molar-refractivity contribution in [2.24, 2.45) is 0 Å². The van der Waals surface area contributed by atoms with E-state index in [-0.39, 0.29) is 0 Å². The van der Waals surface area contributed by atoms with Crippen LogP contribution in [0.5, 0.6) is 0 Å². The third-order valence-electron chi connectivity index (χ3n) is 0. The fraction of sp³-hybridized carbons (Fsp3) is 0. The molecule has 7 heteroatoms. The van der Waals surface area contributed by atoms with Crippen molar-refractivity contribution >= 4 is 47.9 Å². The quantitative estimate of drug-likeness (QED) is 0.473. The summed E-state index contributed by atoms with van der Waals surface area (Å²) in [5, 5.41) is 0. The topological polar surface area (TPSA) is 0 Å². The summed E-state index contributed by atoms with van der Waals surface area (Å²) in [5.74, 6) is 0. The molecule has 0 heterocycles. The van der Waals surface area contributed by atoms with Crippen LogP contribution >= 0.6 is 47.9 Å². The van der Waals surface area contributed by atoms with E-state index in [1.54, 1.807) is 0 Å². The number of hydrogen-bond acceptors (Lipinski definition) is 0. The first-order valence-electron chi connectivity index (χ1n) is 0.640. The van der Waals surface area contributed by atoms with Crippen molar-refractivity contribution in [1.82, 2.24) is 0 Å². The zero-order chi connectivity index (χ0) is 6.28. The predicted octanol–water partition coefficient (Wildman–Crippen LogP) is 3.44. The normalized spacial score (nSPS) is 9.57. The minimum atomic E-state index is -1.75. The Labute approximate surface area is 76.2 Å². The zero-order valence-electron chi connectivity index (χ0n) is 2.56. The van der Waals surface area contributed by atoms with Gasteiger partial charge in [0, 0.05) is 0 Å². The summed E-state index contributed by atoms with van der Waals surface area (Å²) in [6.45, 7) is 0. The third-order valence-corrected chi connectivity index (χ3v) is 0. The summed E-state index contributed by atoms with van der Waals surface area (Å²) in [7, 11) is 24.6. The monoisotopic (exact) mass is 472 g/mol. The summed E-state index contributed by atoms with van der Waals surface area (Å²) < 4.78 is 0. The molecule has 0 aliphatic heterocycles. The second-order valence-corrected chi connectivity index (χ2v) is 11.4. The van der Waals surface area contributed by atoms with Gasteiger partial charge in [0.15, 0.2) is 0 Å². The van der Waals surface area contributed by atoms with Crippen molar-refractivity contribution in [2.45, 2.75) is 0 Å². The molecule has 0 aromatic carbocycles. The van der Waals surface area contributed by atoms with E-state index in [4.69, 9.17) is 47.9 Å². The zero-order valence-corrected chi connectivity index (χ0v) is 10.3. The molecule has 0 rings (SSSR count). The Morgan fingerprint density at radius 3 is 1.00 bits per heavy atom. The van der Waals surface area contributed by atoms with Gasteiger partial charge in [0.25, 0.3) is 0 Å². The molecular formula is Cl5PtRu. The molecule has 0 amide bonds. The summed E-state index contributed by atoms with van der Waals surface area (Å²) in [4.78, 5) is 0. The Morgan fingerprint density at radius 2 is 1.00 bits per heavy atom. The van der Waals surface area contributed by atoms with Crippen LogP contribution < -0.4 is 0 Å². The van der Waals surface area contributed by atoms with Crippen LogP contribution in [0, 0.1) is 0 Å². The first kappa shape index (κ1) is 12.4. The van der Waals surface area contributed by atoms with Gasteiger partial charge < -0.3 is 0 Å². The number of hydrogen-bond donors (Lipinski definition) is 0. The number of rotatable bonds is 0. The fourth-order valence-electron chi connectivity index (χ4n) is 0. The van der Waals surface area contributed by atoms with Gasteiger partial charge in [0.1, 0.15) is 0 Å². The molecule has 7 heavy (non-hydrogen) atoms. The van der Waals surface area contributed by atoms with Crippen LogP contribution in [-0.4, -0.2) is 0 Å². The maximum absolute atomic E-state index is 4.95. The van der Waals surface area contributed by atoms with Crippen molar-refractivity contribution in [3.8, 4) is 0 Å². The van der Waals surface area contributed by atoms with E-state index >= 15 is 0 Å². The van der Waals surface area contributed by atoms with Gasteiger partial charge in [-0.3, -0.25) is 0 Å². The van der Waals surface area contributed by atoms with Gasteiger partial charge in [-0.2, -0.15) is 0 Å². The molecule has 0 N–H and O–H groups in total. The Morgan fingerprint density at radius 1 is 1.00 bits per heavy atom. The molecule has 0 aromatic rings. The van der Waals surface area contributed by atoms with Crippen molar-refractivity contribution in [1.29, 1.82) is 0 Å². The molecule has 0 atom stereocenters. The van der Waals surface area contributed by atoms with E-state index in [0.717, 1.165) is 0 Å². The third kappa shape index (κ3) is 52.5. The van der Waals surface area contributed by atoms with Crippen molar-refractivity contribution in [3.63, 3.8) is 0 Å². The molecule has 0 bridgehead atoms. The van der Waals surface area contributed by atoms with Crippen LogP contribution in [0.1, 0.15) is 0 Å². The molecule has 0 saturated carbocycles. The van der Waals surface area contributed by atoms with Gasteiger partial charge in [-0.25, -0.2) is 0 Å². The first-order valence-corrected chi connectivity index (χ1v) is 13.0. The Bertz CT molecular complexity index is 19.3. The van der Waals surface area contributed by atoms with Crippen molar-refractivity contribution < 1.29 is 29.5 Å². The molecule has 0 saturated heterocycles. The average Bonchev–Trinajstić information content (AvgIpc) is 1.33. The molecule has 0 aromatic heterocycles. The van der Waals surface area contributed by atoms with Gasteiger partial charge in [-0.15, -0.1) is 0 Å². The van der Waals surface area contributed by atoms with Crippen LogP contribution in [0.2, 0.25) is 0 Å². The molecular weight excluding hydrogens is 473 g/mol. The fourth-order valence-corrected chi connectivity index (χ4v) is 0. The predicted molar refractivity (Wildman–Crippen MR) is 29.3 cm³/mol. The van der Waals surface area contributed by atoms with Crippen LogP contribution in [-0.2, 0) is 29.5 Å². The molecule has 0 unspecified atom stereocenters. The van der Waals surface area contributed by atoms with E-state index in [9.17, 15) is 0 Å². The van der Waals surface area contributed by atoms with E-state index in [1.165, 1.54) is 0 Å². The molecule has 0 aliphatic rings. The summed E-state index contributed by atoms with van der Waals surface area (Å²) in [5.41, 5.74) is 0. The second kappa shape index (κ2) is 11.5. The minimum absolute atomic E-state index is 0.472. The van der Waals surface area contributed by atoms with Crippen LogP contribution in [0.25, 0.3) is 0 Å². The van der Waals surface area contributed by atoms with Crippen molar-refractivity contribution in [3.05, 3.63) is 0 Å². The Hall–Kier alpha value is 2.76. The first-order chi connectivity index (χ1) is 3.15. The van der Waals surface area contributed by atoms with Gasteiger partial charge in [-0.05, 0) is 0 Å². The van der Waals surface area contributed by atoms with E-state index in [0.29, 0.717) is 0 Å². The van der Waals surface area contributed by atoms with Crippen LogP contribution in [0.3, 0.4) is 0 Å². The van der Waals surface area contributed by atoms with E-state index < -0.39 is 29.5 Å². The molecule has 0 fully saturated rings. The van der Waals surface area contributed by atoms with Gasteiger partial charge in [-0.1, -0.05) is 0 Å².